The number of anilines is 1. The summed E-state index contributed by atoms with van der Waals surface area (Å²) in [6.07, 6.45) is 0. The first-order valence-electron chi connectivity index (χ1n) is 7.22. The van der Waals surface area contributed by atoms with E-state index in [1.54, 1.807) is 0 Å². The molecule has 6 heteroatoms. The summed E-state index contributed by atoms with van der Waals surface area (Å²) in [5.41, 5.74) is 13.9. The summed E-state index contributed by atoms with van der Waals surface area (Å²) < 4.78 is 5.36. The van der Waals surface area contributed by atoms with E-state index in [-0.39, 0.29) is 0 Å². The van der Waals surface area contributed by atoms with Crippen LogP contribution in [0.25, 0.3) is 10.4 Å². The van der Waals surface area contributed by atoms with Crippen LogP contribution in [0.15, 0.2) is 30.3 Å². The van der Waals surface area contributed by atoms with Gasteiger partial charge in [0.15, 0.2) is 0 Å². The Bertz CT molecular complexity index is 661. The average molecular weight is 317 g/mol. The van der Waals surface area contributed by atoms with Crippen molar-refractivity contribution in [2.45, 2.75) is 6.54 Å². The van der Waals surface area contributed by atoms with Gasteiger partial charge in [-0.2, -0.15) is 0 Å². The van der Waals surface area contributed by atoms with Gasteiger partial charge in [-0.05, 0) is 17.2 Å². The van der Waals surface area contributed by atoms with E-state index in [0.29, 0.717) is 10.6 Å². The Morgan fingerprint density at radius 3 is 2.50 bits per heavy atom. The molecule has 2 heterocycles. The molecule has 4 N–H and O–H groups in total. The van der Waals surface area contributed by atoms with E-state index in [2.05, 4.69) is 29.2 Å². The van der Waals surface area contributed by atoms with Gasteiger partial charge in [-0.15, -0.1) is 11.3 Å². The van der Waals surface area contributed by atoms with Crippen LogP contribution < -0.4 is 11.5 Å². The molecule has 0 spiro atoms. The van der Waals surface area contributed by atoms with E-state index in [9.17, 15) is 4.79 Å². The first-order valence-corrected chi connectivity index (χ1v) is 8.03. The minimum absolute atomic E-state index is 0.424. The third kappa shape index (κ3) is 3.30. The predicted octanol–water partition coefficient (Wildman–Crippen LogP) is 1.93. The van der Waals surface area contributed by atoms with Crippen molar-refractivity contribution < 1.29 is 9.53 Å². The summed E-state index contributed by atoms with van der Waals surface area (Å²) in [5, 5.41) is 0. The number of nitrogens with zero attached hydrogens (tertiary/aromatic N) is 1. The summed E-state index contributed by atoms with van der Waals surface area (Å²) in [7, 11) is 0. The Labute approximate surface area is 133 Å². The van der Waals surface area contributed by atoms with Gasteiger partial charge in [-0.1, -0.05) is 24.3 Å². The van der Waals surface area contributed by atoms with Crippen LogP contribution in [0.1, 0.15) is 15.2 Å². The van der Waals surface area contributed by atoms with Crippen LogP contribution in [0.5, 0.6) is 0 Å². The second kappa shape index (κ2) is 6.48. The molecule has 0 bridgehead atoms. The lowest BCUT2D eigenvalue weighted by molar-refractivity contribution is 0.0342. The van der Waals surface area contributed by atoms with Crippen LogP contribution in [-0.2, 0) is 11.3 Å². The van der Waals surface area contributed by atoms with Gasteiger partial charge in [0.05, 0.1) is 18.9 Å². The quantitative estimate of drug-likeness (QED) is 0.903. The van der Waals surface area contributed by atoms with E-state index in [0.717, 1.165) is 43.3 Å². The van der Waals surface area contributed by atoms with Crippen molar-refractivity contribution >= 4 is 22.9 Å². The Balaban J connectivity index is 1.73. The van der Waals surface area contributed by atoms with Crippen molar-refractivity contribution in [1.29, 1.82) is 0 Å². The number of carbonyl (C=O) groups excluding carboxylic acids is 1. The number of nitrogens with two attached hydrogens (primary N) is 2. The van der Waals surface area contributed by atoms with Gasteiger partial charge < -0.3 is 16.2 Å². The summed E-state index contributed by atoms with van der Waals surface area (Å²) in [5.74, 6) is -0.474. The number of carbonyl (C=O) groups is 1. The van der Waals surface area contributed by atoms with Crippen molar-refractivity contribution in [1.82, 2.24) is 4.90 Å². The second-order valence-corrected chi connectivity index (χ2v) is 6.40. The van der Waals surface area contributed by atoms with Crippen LogP contribution in [0.2, 0.25) is 0 Å². The number of hydrogen-bond donors (Lipinski definition) is 2. The number of thiophene rings is 1. The van der Waals surface area contributed by atoms with Crippen molar-refractivity contribution in [2.75, 3.05) is 32.0 Å². The highest BCUT2D eigenvalue weighted by atomic mass is 32.1. The topological polar surface area (TPSA) is 81.6 Å². The minimum atomic E-state index is -0.474. The van der Waals surface area contributed by atoms with Crippen LogP contribution in [0.4, 0.5) is 5.69 Å². The van der Waals surface area contributed by atoms with Gasteiger partial charge in [0, 0.05) is 24.5 Å². The zero-order valence-corrected chi connectivity index (χ0v) is 13.1. The van der Waals surface area contributed by atoms with E-state index >= 15 is 0 Å². The average Bonchev–Trinajstić information content (AvgIpc) is 2.91. The molecule has 0 saturated carbocycles. The molecule has 5 nitrogen and oxygen atoms in total. The number of amides is 1. The fourth-order valence-corrected chi connectivity index (χ4v) is 3.47. The molecule has 0 aliphatic carbocycles. The monoisotopic (exact) mass is 317 g/mol. The maximum absolute atomic E-state index is 11.3. The first-order chi connectivity index (χ1) is 10.6. The summed E-state index contributed by atoms with van der Waals surface area (Å²) in [6, 6.07) is 10.2. The fraction of sp³-hybridized carbons (Fsp3) is 0.312. The second-order valence-electron chi connectivity index (χ2n) is 5.34. The molecule has 0 unspecified atom stereocenters. The molecule has 3 rings (SSSR count). The highest BCUT2D eigenvalue weighted by Crippen LogP contribution is 2.33. The fourth-order valence-electron chi connectivity index (χ4n) is 2.53. The van der Waals surface area contributed by atoms with Crippen LogP contribution in [0, 0.1) is 0 Å². The van der Waals surface area contributed by atoms with Crippen molar-refractivity contribution in [3.05, 3.63) is 40.8 Å². The van der Waals surface area contributed by atoms with Crippen LogP contribution >= 0.6 is 11.3 Å². The third-order valence-electron chi connectivity index (χ3n) is 3.73. The standard InChI is InChI=1S/C16H19N3O2S/c17-13-9-14(22-15(13)16(18)20)12-3-1-11(2-4-12)10-19-5-7-21-8-6-19/h1-4,9H,5-8,10,17H2,(H2,18,20). The van der Waals surface area contributed by atoms with Gasteiger partial charge in [0.2, 0.25) is 0 Å². The maximum Gasteiger partial charge on any atom is 0.260 e. The van der Waals surface area contributed by atoms with Crippen molar-refractivity contribution in [3.8, 4) is 10.4 Å². The highest BCUT2D eigenvalue weighted by molar-refractivity contribution is 7.18. The normalized spacial score (nSPS) is 15.8. The lowest BCUT2D eigenvalue weighted by Gasteiger charge is -2.26. The minimum Gasteiger partial charge on any atom is -0.397 e. The van der Waals surface area contributed by atoms with Gasteiger partial charge in [0.1, 0.15) is 4.88 Å². The van der Waals surface area contributed by atoms with E-state index < -0.39 is 5.91 Å². The molecule has 1 amide bonds. The van der Waals surface area contributed by atoms with E-state index in [1.807, 2.05) is 6.07 Å². The van der Waals surface area contributed by atoms with Crippen molar-refractivity contribution in [3.63, 3.8) is 0 Å². The van der Waals surface area contributed by atoms with Crippen LogP contribution in [0.3, 0.4) is 0 Å². The molecule has 1 fully saturated rings. The maximum atomic E-state index is 11.3. The lowest BCUT2D eigenvalue weighted by Crippen LogP contribution is -2.35. The zero-order chi connectivity index (χ0) is 15.5. The molecule has 2 aromatic rings. The van der Waals surface area contributed by atoms with Gasteiger partial charge in [-0.25, -0.2) is 0 Å². The first kappa shape index (κ1) is 15.0. The Morgan fingerprint density at radius 2 is 1.91 bits per heavy atom. The smallest absolute Gasteiger partial charge is 0.260 e. The number of primary amides is 1. The molecule has 0 atom stereocenters. The molecule has 116 valence electrons. The van der Waals surface area contributed by atoms with Crippen LogP contribution in [-0.4, -0.2) is 37.1 Å². The highest BCUT2D eigenvalue weighted by Gasteiger charge is 2.13. The molecular formula is C16H19N3O2S. The Hall–Kier alpha value is -1.89. The number of benzene rings is 1. The molecule has 0 radical (unpaired) electrons. The molecule has 1 aliphatic heterocycles. The van der Waals surface area contributed by atoms with Crippen molar-refractivity contribution in [2.24, 2.45) is 5.73 Å². The third-order valence-corrected chi connectivity index (χ3v) is 4.95. The zero-order valence-electron chi connectivity index (χ0n) is 12.2. The Kier molecular flexibility index (Phi) is 4.42. The largest absolute Gasteiger partial charge is 0.397 e. The molecule has 1 aromatic heterocycles. The van der Waals surface area contributed by atoms with Gasteiger partial charge in [0.25, 0.3) is 5.91 Å². The SMILES string of the molecule is NC(=O)c1sc(-c2ccc(CN3CCOCC3)cc2)cc1N. The lowest BCUT2D eigenvalue weighted by atomic mass is 10.1. The molecular weight excluding hydrogens is 298 g/mol. The van der Waals surface area contributed by atoms with E-state index in [4.69, 9.17) is 16.2 Å². The van der Waals surface area contributed by atoms with Gasteiger partial charge >= 0.3 is 0 Å². The Morgan fingerprint density at radius 1 is 1.23 bits per heavy atom. The number of morpholine rings is 1. The number of rotatable bonds is 4. The predicted molar refractivity (Wildman–Crippen MR) is 88.8 cm³/mol. The summed E-state index contributed by atoms with van der Waals surface area (Å²) >= 11 is 1.34. The number of hydrogen-bond acceptors (Lipinski definition) is 5. The molecule has 22 heavy (non-hydrogen) atoms. The molecule has 1 aliphatic rings. The van der Waals surface area contributed by atoms with Gasteiger partial charge in [-0.3, -0.25) is 9.69 Å². The van der Waals surface area contributed by atoms with E-state index in [1.165, 1.54) is 16.9 Å². The summed E-state index contributed by atoms with van der Waals surface area (Å²) in [4.78, 5) is 15.0. The number of ether oxygens (including phenoxy) is 1. The molecule has 1 aromatic carbocycles. The molecule has 1 saturated heterocycles. The summed E-state index contributed by atoms with van der Waals surface area (Å²) in [6.45, 7) is 4.50. The number of nitrogen functional groups attached to an aromatic ring is 1.